The summed E-state index contributed by atoms with van der Waals surface area (Å²) in [6.07, 6.45) is 6.08. The third kappa shape index (κ3) is 3.31. The van der Waals surface area contributed by atoms with E-state index >= 15 is 0 Å². The van der Waals surface area contributed by atoms with E-state index < -0.39 is 0 Å². The number of pyridine rings is 1. The molecule has 0 aliphatic rings. The first-order valence-electron chi connectivity index (χ1n) is 14.3. The van der Waals surface area contributed by atoms with Crippen LogP contribution >= 0.6 is 0 Å². The fourth-order valence-electron chi connectivity index (χ4n) is 6.73. The van der Waals surface area contributed by atoms with E-state index in [4.69, 9.17) is 0 Å². The van der Waals surface area contributed by atoms with Gasteiger partial charge in [0.15, 0.2) is 0 Å². The SMILES string of the molecule is c1ccc(-n2c3ccccc3c3c4ccc5ccn(-c6ccc(-c7cncc8ccccc78)cc6)c5c4ccc32)cc1. The summed E-state index contributed by atoms with van der Waals surface area (Å²) in [5.41, 5.74) is 8.31. The van der Waals surface area contributed by atoms with Crippen LogP contribution in [0, 0.1) is 0 Å². The lowest BCUT2D eigenvalue weighted by Gasteiger charge is -2.12. The van der Waals surface area contributed by atoms with Gasteiger partial charge in [-0.25, -0.2) is 0 Å². The zero-order valence-corrected chi connectivity index (χ0v) is 22.8. The number of hydrogen-bond acceptors (Lipinski definition) is 1. The summed E-state index contributed by atoms with van der Waals surface area (Å²) < 4.78 is 4.71. The third-order valence-corrected chi connectivity index (χ3v) is 8.62. The van der Waals surface area contributed by atoms with Crippen LogP contribution in [0.25, 0.3) is 76.8 Å². The molecule has 6 aromatic carbocycles. The van der Waals surface area contributed by atoms with Crippen molar-refractivity contribution in [3.63, 3.8) is 0 Å². The minimum absolute atomic E-state index is 1.14. The van der Waals surface area contributed by atoms with Gasteiger partial charge in [0.2, 0.25) is 0 Å². The standard InChI is InChI=1S/C39H25N3/c1-2-9-30(10-3-1)42-36-13-7-6-12-34(36)38-32-19-16-27-22-23-41(39(27)33(32)20-21-37(38)42)29-17-14-26(15-18-29)35-25-40-24-28-8-4-5-11-31(28)35/h1-25H. The Morgan fingerprint density at radius 1 is 0.452 bits per heavy atom. The van der Waals surface area contributed by atoms with Gasteiger partial charge in [-0.2, -0.15) is 0 Å². The number of aromatic nitrogens is 3. The molecule has 3 aromatic heterocycles. The molecule has 0 amide bonds. The molecule has 196 valence electrons. The summed E-state index contributed by atoms with van der Waals surface area (Å²) in [5.74, 6) is 0. The van der Waals surface area contributed by atoms with E-state index in [9.17, 15) is 0 Å². The lowest BCUT2D eigenvalue weighted by atomic mass is 10.0. The van der Waals surface area contributed by atoms with Crippen molar-refractivity contribution >= 4 is 54.3 Å². The number of rotatable bonds is 3. The Hall–Kier alpha value is -5.67. The van der Waals surface area contributed by atoms with Gasteiger partial charge in [-0.15, -0.1) is 0 Å². The Morgan fingerprint density at radius 3 is 2.10 bits per heavy atom. The zero-order chi connectivity index (χ0) is 27.6. The van der Waals surface area contributed by atoms with Crippen LogP contribution in [0.5, 0.6) is 0 Å². The van der Waals surface area contributed by atoms with Gasteiger partial charge in [-0.1, -0.05) is 91.0 Å². The van der Waals surface area contributed by atoms with Crippen molar-refractivity contribution in [3.8, 4) is 22.5 Å². The van der Waals surface area contributed by atoms with E-state index in [-0.39, 0.29) is 0 Å². The summed E-state index contributed by atoms with van der Waals surface area (Å²) in [7, 11) is 0. The van der Waals surface area contributed by atoms with Gasteiger partial charge >= 0.3 is 0 Å². The summed E-state index contributed by atoms with van der Waals surface area (Å²) in [4.78, 5) is 4.50. The molecule has 3 nitrogen and oxygen atoms in total. The number of nitrogens with zero attached hydrogens (tertiary/aromatic N) is 3. The average Bonchev–Trinajstić information content (AvgIpc) is 3.65. The first-order valence-corrected chi connectivity index (χ1v) is 14.3. The van der Waals surface area contributed by atoms with Crippen molar-refractivity contribution < 1.29 is 0 Å². The van der Waals surface area contributed by atoms with Gasteiger partial charge in [0.05, 0.1) is 16.6 Å². The highest BCUT2D eigenvalue weighted by molar-refractivity contribution is 6.25. The Kier molecular flexibility index (Phi) is 4.90. The van der Waals surface area contributed by atoms with Crippen LogP contribution in [0.4, 0.5) is 0 Å². The Balaban J connectivity index is 1.26. The van der Waals surface area contributed by atoms with E-state index in [0.717, 1.165) is 16.6 Å². The normalized spacial score (nSPS) is 11.8. The number of benzene rings is 6. The topological polar surface area (TPSA) is 22.8 Å². The molecule has 9 aromatic rings. The molecule has 0 saturated heterocycles. The molecule has 0 radical (unpaired) electrons. The van der Waals surface area contributed by atoms with Gasteiger partial charge in [-0.05, 0) is 58.8 Å². The molecule has 3 heterocycles. The largest absolute Gasteiger partial charge is 0.316 e. The Labute approximate surface area is 242 Å². The maximum atomic E-state index is 4.50. The summed E-state index contributed by atoms with van der Waals surface area (Å²) >= 11 is 0. The second-order valence-electron chi connectivity index (χ2n) is 10.9. The Morgan fingerprint density at radius 2 is 1.21 bits per heavy atom. The molecule has 9 rings (SSSR count). The van der Waals surface area contributed by atoms with Gasteiger partial charge in [0.25, 0.3) is 0 Å². The fourth-order valence-corrected chi connectivity index (χ4v) is 6.73. The number of hydrogen-bond donors (Lipinski definition) is 0. The van der Waals surface area contributed by atoms with Crippen molar-refractivity contribution in [1.29, 1.82) is 0 Å². The van der Waals surface area contributed by atoms with Crippen molar-refractivity contribution in [2.24, 2.45) is 0 Å². The van der Waals surface area contributed by atoms with Crippen molar-refractivity contribution in [2.75, 3.05) is 0 Å². The highest BCUT2D eigenvalue weighted by Gasteiger charge is 2.17. The quantitative estimate of drug-likeness (QED) is 0.221. The summed E-state index contributed by atoms with van der Waals surface area (Å²) in [6, 6.07) is 48.0. The molecule has 3 heteroatoms. The van der Waals surface area contributed by atoms with E-state index in [1.165, 1.54) is 60.1 Å². The summed E-state index contributed by atoms with van der Waals surface area (Å²) in [6.45, 7) is 0. The van der Waals surface area contributed by atoms with Gasteiger partial charge in [-0.3, -0.25) is 4.98 Å². The molecular weight excluding hydrogens is 510 g/mol. The van der Waals surface area contributed by atoms with Crippen molar-refractivity contribution in [2.45, 2.75) is 0 Å². The molecule has 0 N–H and O–H groups in total. The van der Waals surface area contributed by atoms with E-state index in [1.54, 1.807) is 0 Å². The zero-order valence-electron chi connectivity index (χ0n) is 22.8. The molecule has 0 bridgehead atoms. The minimum Gasteiger partial charge on any atom is -0.316 e. The summed E-state index contributed by atoms with van der Waals surface area (Å²) in [5, 5.41) is 8.69. The van der Waals surface area contributed by atoms with E-state index in [2.05, 4.69) is 154 Å². The van der Waals surface area contributed by atoms with Gasteiger partial charge in [0, 0.05) is 62.5 Å². The van der Waals surface area contributed by atoms with Crippen LogP contribution in [-0.2, 0) is 0 Å². The molecule has 0 fully saturated rings. The molecule has 42 heavy (non-hydrogen) atoms. The van der Waals surface area contributed by atoms with E-state index in [0.29, 0.717) is 0 Å². The number of fused-ring (bicyclic) bond motifs is 8. The average molecular weight is 536 g/mol. The van der Waals surface area contributed by atoms with Crippen LogP contribution in [0.15, 0.2) is 152 Å². The van der Waals surface area contributed by atoms with Crippen molar-refractivity contribution in [3.05, 3.63) is 152 Å². The predicted molar refractivity (Wildman–Crippen MR) is 176 cm³/mol. The third-order valence-electron chi connectivity index (χ3n) is 8.62. The molecule has 0 atom stereocenters. The highest BCUT2D eigenvalue weighted by Crippen LogP contribution is 2.40. The van der Waals surface area contributed by atoms with Crippen LogP contribution in [0.1, 0.15) is 0 Å². The van der Waals surface area contributed by atoms with Gasteiger partial charge < -0.3 is 9.13 Å². The lowest BCUT2D eigenvalue weighted by molar-refractivity contribution is 1.13. The Bertz CT molecular complexity index is 2440. The highest BCUT2D eigenvalue weighted by atomic mass is 15.0. The van der Waals surface area contributed by atoms with Crippen LogP contribution in [0.3, 0.4) is 0 Å². The van der Waals surface area contributed by atoms with Gasteiger partial charge in [0.1, 0.15) is 0 Å². The molecule has 0 unspecified atom stereocenters. The maximum Gasteiger partial charge on any atom is 0.0607 e. The first kappa shape index (κ1) is 23.1. The number of para-hydroxylation sites is 2. The first-order chi connectivity index (χ1) is 20.8. The maximum absolute atomic E-state index is 4.50. The molecular formula is C39H25N3. The molecule has 0 spiro atoms. The minimum atomic E-state index is 1.14. The van der Waals surface area contributed by atoms with Crippen LogP contribution in [-0.4, -0.2) is 14.1 Å². The second kappa shape index (κ2) is 8.92. The predicted octanol–water partition coefficient (Wildman–Crippen LogP) is 10.1. The van der Waals surface area contributed by atoms with Crippen LogP contribution in [0.2, 0.25) is 0 Å². The second-order valence-corrected chi connectivity index (χ2v) is 10.9. The monoisotopic (exact) mass is 535 g/mol. The lowest BCUT2D eigenvalue weighted by Crippen LogP contribution is -1.94. The van der Waals surface area contributed by atoms with Crippen LogP contribution < -0.4 is 0 Å². The molecule has 0 aliphatic heterocycles. The molecule has 0 saturated carbocycles. The van der Waals surface area contributed by atoms with Crippen molar-refractivity contribution in [1.82, 2.24) is 14.1 Å². The fraction of sp³-hybridized carbons (Fsp3) is 0. The molecule has 0 aliphatic carbocycles. The smallest absolute Gasteiger partial charge is 0.0607 e. The van der Waals surface area contributed by atoms with E-state index in [1.807, 2.05) is 12.4 Å².